The first-order valence-electron chi connectivity index (χ1n) is 7.18. The fourth-order valence-electron chi connectivity index (χ4n) is 2.49. The number of benzene rings is 1. The van der Waals surface area contributed by atoms with Gasteiger partial charge in [-0.15, -0.1) is 12.4 Å². The van der Waals surface area contributed by atoms with Crippen LogP contribution in [0, 0.1) is 6.92 Å². The lowest BCUT2D eigenvalue weighted by Crippen LogP contribution is -2.05. The van der Waals surface area contributed by atoms with Crippen LogP contribution in [-0.4, -0.2) is 24.6 Å². The molecule has 0 radical (unpaired) electrons. The first-order valence-corrected chi connectivity index (χ1v) is 8.16. The summed E-state index contributed by atoms with van der Waals surface area (Å²) in [6.07, 6.45) is 0. The zero-order valence-electron chi connectivity index (χ0n) is 13.2. The van der Waals surface area contributed by atoms with Gasteiger partial charge in [0, 0.05) is 17.8 Å². The topological polar surface area (TPSA) is 63.8 Å². The molecule has 0 saturated carbocycles. The Bertz CT molecular complexity index is 799. The monoisotopic (exact) mass is 350 g/mol. The molecule has 0 saturated heterocycles. The molecule has 0 spiro atoms. The number of aryl methyl sites for hydroxylation is 1. The maximum Gasteiger partial charge on any atom is 0.215 e. The molecule has 0 aliphatic heterocycles. The van der Waals surface area contributed by atoms with Crippen molar-refractivity contribution in [2.45, 2.75) is 37.7 Å². The van der Waals surface area contributed by atoms with E-state index in [0.29, 0.717) is 17.0 Å². The lowest BCUT2D eigenvalue weighted by Gasteiger charge is -2.12. The second kappa shape index (κ2) is 7.19. The Balaban J connectivity index is 0.00000192. The number of halogens is 1. The standard InChI is InChI=1S/C16H18N4OS.ClH/c1-10(2)20-13-7-5-4-6-12(13)18-14(20)9-22-16-17-11(3)8-15(21)19-16;/h4-8,10H,9H2,1-3H3,(H,17,19,21);1H. The lowest BCUT2D eigenvalue weighted by molar-refractivity contribution is 0.444. The van der Waals surface area contributed by atoms with Crippen molar-refractivity contribution in [1.29, 1.82) is 0 Å². The van der Waals surface area contributed by atoms with Gasteiger partial charge in [-0.1, -0.05) is 23.9 Å². The molecule has 0 atom stereocenters. The van der Waals surface area contributed by atoms with Crippen LogP contribution in [0.15, 0.2) is 35.5 Å². The SMILES string of the molecule is Cc1cc(O)nc(SCc2nc3ccccc3n2C(C)C)n1.Cl. The molecule has 3 rings (SSSR count). The van der Waals surface area contributed by atoms with Crippen LogP contribution < -0.4 is 0 Å². The van der Waals surface area contributed by atoms with Gasteiger partial charge in [-0.25, -0.2) is 9.97 Å². The molecule has 3 aromatic rings. The molecule has 5 nitrogen and oxygen atoms in total. The number of para-hydroxylation sites is 2. The van der Waals surface area contributed by atoms with Crippen molar-refractivity contribution >= 4 is 35.2 Å². The third-order valence-electron chi connectivity index (χ3n) is 3.34. The zero-order valence-corrected chi connectivity index (χ0v) is 14.9. The fraction of sp³-hybridized carbons (Fsp3) is 0.312. The highest BCUT2D eigenvalue weighted by Crippen LogP contribution is 2.26. The summed E-state index contributed by atoms with van der Waals surface area (Å²) in [5.41, 5.74) is 2.90. The van der Waals surface area contributed by atoms with Crippen LogP contribution in [0.1, 0.15) is 31.4 Å². The fourth-order valence-corrected chi connectivity index (χ4v) is 3.32. The number of hydrogen-bond acceptors (Lipinski definition) is 5. The van der Waals surface area contributed by atoms with Crippen molar-refractivity contribution in [3.05, 3.63) is 41.9 Å². The molecular formula is C16H19ClN4OS. The number of fused-ring (bicyclic) bond motifs is 1. The van der Waals surface area contributed by atoms with E-state index in [9.17, 15) is 5.11 Å². The summed E-state index contributed by atoms with van der Waals surface area (Å²) in [4.78, 5) is 13.1. The quantitative estimate of drug-likeness (QED) is 0.566. The van der Waals surface area contributed by atoms with Gasteiger partial charge in [-0.2, -0.15) is 4.98 Å². The summed E-state index contributed by atoms with van der Waals surface area (Å²) in [5.74, 6) is 1.66. The molecule has 2 heterocycles. The zero-order chi connectivity index (χ0) is 15.7. The van der Waals surface area contributed by atoms with E-state index in [1.165, 1.54) is 11.8 Å². The summed E-state index contributed by atoms with van der Waals surface area (Å²) >= 11 is 1.48. The number of aromatic nitrogens is 4. The van der Waals surface area contributed by atoms with Crippen LogP contribution in [0.4, 0.5) is 0 Å². The molecule has 0 amide bonds. The molecule has 7 heteroatoms. The van der Waals surface area contributed by atoms with Gasteiger partial charge in [0.2, 0.25) is 5.88 Å². The van der Waals surface area contributed by atoms with Crippen LogP contribution in [0.2, 0.25) is 0 Å². The van der Waals surface area contributed by atoms with Gasteiger partial charge in [0.1, 0.15) is 5.82 Å². The van der Waals surface area contributed by atoms with E-state index in [1.807, 2.05) is 25.1 Å². The van der Waals surface area contributed by atoms with Crippen molar-refractivity contribution in [3.63, 3.8) is 0 Å². The van der Waals surface area contributed by atoms with Crippen molar-refractivity contribution in [1.82, 2.24) is 19.5 Å². The number of rotatable bonds is 4. The molecule has 0 unspecified atom stereocenters. The molecule has 1 N–H and O–H groups in total. The van der Waals surface area contributed by atoms with Crippen molar-refractivity contribution in [3.8, 4) is 5.88 Å². The molecule has 1 aromatic carbocycles. The second-order valence-corrected chi connectivity index (χ2v) is 6.36. The van der Waals surface area contributed by atoms with E-state index in [0.717, 1.165) is 22.6 Å². The number of aromatic hydroxyl groups is 1. The third kappa shape index (κ3) is 3.76. The summed E-state index contributed by atoms with van der Waals surface area (Å²) in [6.45, 7) is 6.14. The number of hydrogen-bond donors (Lipinski definition) is 1. The highest BCUT2D eigenvalue weighted by Gasteiger charge is 2.14. The predicted molar refractivity (Wildman–Crippen MR) is 95.4 cm³/mol. The smallest absolute Gasteiger partial charge is 0.215 e. The summed E-state index contributed by atoms with van der Waals surface area (Å²) in [6, 6.07) is 10.0. The van der Waals surface area contributed by atoms with Gasteiger partial charge >= 0.3 is 0 Å². The molecular weight excluding hydrogens is 332 g/mol. The molecule has 0 aliphatic rings. The largest absolute Gasteiger partial charge is 0.493 e. The number of nitrogens with zero attached hydrogens (tertiary/aromatic N) is 4. The van der Waals surface area contributed by atoms with E-state index in [4.69, 9.17) is 4.98 Å². The molecule has 122 valence electrons. The minimum absolute atomic E-state index is 0. The Morgan fingerprint density at radius 1 is 1.17 bits per heavy atom. The summed E-state index contributed by atoms with van der Waals surface area (Å²) < 4.78 is 2.23. The maximum absolute atomic E-state index is 9.56. The van der Waals surface area contributed by atoms with E-state index >= 15 is 0 Å². The van der Waals surface area contributed by atoms with Crippen LogP contribution in [0.5, 0.6) is 5.88 Å². The number of imidazole rings is 1. The van der Waals surface area contributed by atoms with Gasteiger partial charge < -0.3 is 9.67 Å². The summed E-state index contributed by atoms with van der Waals surface area (Å²) in [5, 5.41) is 10.1. The first kappa shape index (κ1) is 17.6. The van der Waals surface area contributed by atoms with Gasteiger partial charge in [0.15, 0.2) is 5.16 Å². The second-order valence-electron chi connectivity index (χ2n) is 5.42. The van der Waals surface area contributed by atoms with Crippen LogP contribution >= 0.6 is 24.2 Å². The number of thioether (sulfide) groups is 1. The predicted octanol–water partition coefficient (Wildman–Crippen LogP) is 4.14. The Morgan fingerprint density at radius 2 is 1.91 bits per heavy atom. The van der Waals surface area contributed by atoms with Crippen molar-refractivity contribution in [2.75, 3.05) is 0 Å². The van der Waals surface area contributed by atoms with E-state index < -0.39 is 0 Å². The lowest BCUT2D eigenvalue weighted by atomic mass is 10.3. The highest BCUT2D eigenvalue weighted by atomic mass is 35.5. The minimum Gasteiger partial charge on any atom is -0.493 e. The Kier molecular flexibility index (Phi) is 5.49. The van der Waals surface area contributed by atoms with E-state index in [2.05, 4.69) is 34.4 Å². The van der Waals surface area contributed by atoms with Crippen LogP contribution in [0.25, 0.3) is 11.0 Å². The minimum atomic E-state index is 0. The maximum atomic E-state index is 9.56. The summed E-state index contributed by atoms with van der Waals surface area (Å²) in [7, 11) is 0. The van der Waals surface area contributed by atoms with E-state index in [-0.39, 0.29) is 18.3 Å². The van der Waals surface area contributed by atoms with Crippen molar-refractivity contribution < 1.29 is 5.11 Å². The van der Waals surface area contributed by atoms with Gasteiger partial charge in [-0.05, 0) is 32.9 Å². The van der Waals surface area contributed by atoms with Crippen LogP contribution in [0.3, 0.4) is 0 Å². The van der Waals surface area contributed by atoms with Crippen molar-refractivity contribution in [2.24, 2.45) is 0 Å². The average molecular weight is 351 g/mol. The third-order valence-corrected chi connectivity index (χ3v) is 4.18. The van der Waals surface area contributed by atoms with E-state index in [1.54, 1.807) is 6.07 Å². The molecule has 23 heavy (non-hydrogen) atoms. The van der Waals surface area contributed by atoms with Gasteiger partial charge in [-0.3, -0.25) is 0 Å². The average Bonchev–Trinajstić information content (AvgIpc) is 2.82. The van der Waals surface area contributed by atoms with Crippen LogP contribution in [-0.2, 0) is 5.75 Å². The van der Waals surface area contributed by atoms with Gasteiger partial charge in [0.25, 0.3) is 0 Å². The highest BCUT2D eigenvalue weighted by molar-refractivity contribution is 7.98. The Labute approximate surface area is 145 Å². The Morgan fingerprint density at radius 3 is 2.61 bits per heavy atom. The molecule has 0 bridgehead atoms. The van der Waals surface area contributed by atoms with Gasteiger partial charge in [0.05, 0.1) is 16.8 Å². The molecule has 0 fully saturated rings. The normalized spacial score (nSPS) is 11.0. The molecule has 0 aliphatic carbocycles. The molecule has 2 aromatic heterocycles. The first-order chi connectivity index (χ1) is 10.5. The Hall–Kier alpha value is -1.79.